The van der Waals surface area contributed by atoms with Crippen molar-refractivity contribution >= 4 is 23.1 Å². The van der Waals surface area contributed by atoms with Gasteiger partial charge >= 0.3 is 0 Å². The van der Waals surface area contributed by atoms with Crippen LogP contribution in [0.2, 0.25) is 0 Å². The zero-order valence-electron chi connectivity index (χ0n) is 16.6. The molecule has 3 aromatic rings. The van der Waals surface area contributed by atoms with Gasteiger partial charge in [0.15, 0.2) is 11.6 Å². The largest absolute Gasteiger partial charge is 0.303 e. The Morgan fingerprint density at radius 1 is 1.31 bits per heavy atom. The maximum atomic E-state index is 15.1. The van der Waals surface area contributed by atoms with E-state index in [-0.39, 0.29) is 11.5 Å². The van der Waals surface area contributed by atoms with Gasteiger partial charge in [-0.15, -0.1) is 0 Å². The normalized spacial score (nSPS) is 15.7. The monoisotopic (exact) mass is 395 g/mol. The van der Waals surface area contributed by atoms with E-state index in [0.717, 1.165) is 37.0 Å². The highest BCUT2D eigenvalue weighted by Gasteiger charge is 2.21. The number of nitrogens with zero attached hydrogens (tertiary/aromatic N) is 4. The molecule has 0 spiro atoms. The fourth-order valence-electron chi connectivity index (χ4n) is 3.97. The number of H-pyrrole nitrogens is 1. The summed E-state index contributed by atoms with van der Waals surface area (Å²) in [5, 5.41) is 7.74. The predicted molar refractivity (Wildman–Crippen MR) is 112 cm³/mol. The number of anilines is 1. The van der Waals surface area contributed by atoms with Gasteiger partial charge in [0.25, 0.3) is 0 Å². The molecule has 0 bridgehead atoms. The number of carbonyl (C=O) groups is 1. The Balaban J connectivity index is 1.47. The number of aromatic nitrogens is 3. The molecule has 1 unspecified atom stereocenters. The number of amides is 1. The van der Waals surface area contributed by atoms with Crippen molar-refractivity contribution in [3.05, 3.63) is 42.3 Å². The third kappa shape index (κ3) is 4.29. The first-order valence-electron chi connectivity index (χ1n) is 10.2. The van der Waals surface area contributed by atoms with Crippen LogP contribution in [-0.2, 0) is 4.79 Å². The Morgan fingerprint density at radius 3 is 2.90 bits per heavy atom. The van der Waals surface area contributed by atoms with Crippen molar-refractivity contribution in [1.29, 1.82) is 0 Å². The molecule has 29 heavy (non-hydrogen) atoms. The van der Waals surface area contributed by atoms with Crippen molar-refractivity contribution < 1.29 is 9.18 Å². The topological polar surface area (TPSA) is 65.1 Å². The second-order valence-corrected chi connectivity index (χ2v) is 7.85. The predicted octanol–water partition coefficient (Wildman–Crippen LogP) is 3.85. The number of likely N-dealkylation sites (tertiary alicyclic amines) is 1. The summed E-state index contributed by atoms with van der Waals surface area (Å²) >= 11 is 0. The minimum absolute atomic E-state index is 0.0385. The molecule has 4 rings (SSSR count). The molecule has 7 heteroatoms. The number of hydrogen-bond donors (Lipinski definition) is 1. The zero-order chi connectivity index (χ0) is 20.2. The van der Waals surface area contributed by atoms with Crippen LogP contribution in [0.3, 0.4) is 0 Å². The lowest BCUT2D eigenvalue weighted by molar-refractivity contribution is -0.107. The van der Waals surface area contributed by atoms with Crippen LogP contribution in [0, 0.1) is 11.7 Å². The Bertz CT molecular complexity index is 982. The molecule has 1 saturated heterocycles. The van der Waals surface area contributed by atoms with Gasteiger partial charge in [0, 0.05) is 30.2 Å². The van der Waals surface area contributed by atoms with Gasteiger partial charge in [-0.1, -0.05) is 25.1 Å². The average Bonchev–Trinajstić information content (AvgIpc) is 3.38. The molecule has 1 aliphatic heterocycles. The van der Waals surface area contributed by atoms with Crippen molar-refractivity contribution in [1.82, 2.24) is 20.1 Å². The van der Waals surface area contributed by atoms with Crippen LogP contribution in [0.5, 0.6) is 0 Å². The lowest BCUT2D eigenvalue weighted by atomic mass is 10.1. The highest BCUT2D eigenvalue weighted by atomic mass is 19.1. The number of halogens is 1. The molecule has 2 aromatic heterocycles. The van der Waals surface area contributed by atoms with Crippen LogP contribution in [-0.4, -0.2) is 52.7 Å². The molecule has 1 N–H and O–H groups in total. The van der Waals surface area contributed by atoms with Gasteiger partial charge in [0.05, 0.1) is 5.52 Å². The molecular weight excluding hydrogens is 369 g/mol. The van der Waals surface area contributed by atoms with E-state index < -0.39 is 5.82 Å². The summed E-state index contributed by atoms with van der Waals surface area (Å²) in [7, 11) is 0. The van der Waals surface area contributed by atoms with E-state index >= 15 is 4.39 Å². The molecule has 0 aliphatic carbocycles. The van der Waals surface area contributed by atoms with Gasteiger partial charge in [-0.3, -0.25) is 19.8 Å². The minimum Gasteiger partial charge on any atom is -0.303 e. The fourth-order valence-corrected chi connectivity index (χ4v) is 3.97. The maximum Gasteiger partial charge on any atom is 0.215 e. The number of rotatable bonds is 8. The number of carbonyl (C=O) groups excluding carboxylic acids is 1. The van der Waals surface area contributed by atoms with Crippen LogP contribution in [0.1, 0.15) is 26.2 Å². The quantitative estimate of drug-likeness (QED) is 0.589. The van der Waals surface area contributed by atoms with E-state index in [0.29, 0.717) is 24.4 Å². The molecule has 1 amide bonds. The second-order valence-electron chi connectivity index (χ2n) is 7.85. The summed E-state index contributed by atoms with van der Waals surface area (Å²) in [6.45, 7) is 5.94. The van der Waals surface area contributed by atoms with Crippen molar-refractivity contribution in [3.8, 4) is 11.3 Å². The van der Waals surface area contributed by atoms with E-state index in [1.54, 1.807) is 6.20 Å². The molecule has 3 heterocycles. The molecule has 1 aliphatic rings. The van der Waals surface area contributed by atoms with Crippen molar-refractivity contribution in [2.45, 2.75) is 26.2 Å². The Morgan fingerprint density at radius 2 is 2.10 bits per heavy atom. The van der Waals surface area contributed by atoms with E-state index in [9.17, 15) is 4.79 Å². The summed E-state index contributed by atoms with van der Waals surface area (Å²) in [5.41, 5.74) is 1.70. The lowest BCUT2D eigenvalue weighted by Crippen LogP contribution is -2.29. The van der Waals surface area contributed by atoms with Gasteiger partial charge < -0.3 is 4.90 Å². The standard InChI is InChI=1S/C22H26FN5O/c1-16(14-27-9-4-5-10-27)8-11-28(15-29)22-20(23)21(25-26-22)18-12-17-6-2-3-7-19(17)24-13-18/h2-3,6-7,12-13,15-16H,4-5,8-11,14H2,1H3,(H,25,26). The van der Waals surface area contributed by atoms with Crippen molar-refractivity contribution in [3.63, 3.8) is 0 Å². The first-order chi connectivity index (χ1) is 14.2. The zero-order valence-corrected chi connectivity index (χ0v) is 16.6. The number of hydrogen-bond acceptors (Lipinski definition) is 4. The second kappa shape index (κ2) is 8.69. The first-order valence-corrected chi connectivity index (χ1v) is 10.2. The highest BCUT2D eigenvalue weighted by Crippen LogP contribution is 2.28. The summed E-state index contributed by atoms with van der Waals surface area (Å²) in [5.74, 6) is -0.0559. The van der Waals surface area contributed by atoms with Gasteiger partial charge in [-0.05, 0) is 50.4 Å². The Hall–Kier alpha value is -2.80. The SMILES string of the molecule is CC(CCN(C=O)c1n[nH]c(-c2cnc3ccccc3c2)c1F)CN1CCCC1. The van der Waals surface area contributed by atoms with Crippen LogP contribution >= 0.6 is 0 Å². The number of para-hydroxylation sites is 1. The minimum atomic E-state index is -0.527. The van der Waals surface area contributed by atoms with E-state index in [2.05, 4.69) is 27.0 Å². The van der Waals surface area contributed by atoms with Gasteiger partial charge in [-0.2, -0.15) is 5.10 Å². The highest BCUT2D eigenvalue weighted by molar-refractivity contribution is 5.84. The third-order valence-electron chi connectivity index (χ3n) is 5.60. The molecule has 1 atom stereocenters. The Labute approximate surface area is 169 Å². The van der Waals surface area contributed by atoms with Crippen LogP contribution in [0.25, 0.3) is 22.2 Å². The average molecular weight is 395 g/mol. The van der Waals surface area contributed by atoms with Crippen LogP contribution in [0.15, 0.2) is 36.5 Å². The van der Waals surface area contributed by atoms with Crippen molar-refractivity contribution in [2.24, 2.45) is 5.92 Å². The molecule has 6 nitrogen and oxygen atoms in total. The van der Waals surface area contributed by atoms with Gasteiger partial charge in [0.1, 0.15) is 5.69 Å². The summed E-state index contributed by atoms with van der Waals surface area (Å²) in [6, 6.07) is 9.54. The molecular formula is C22H26FN5O. The smallest absolute Gasteiger partial charge is 0.215 e. The number of benzene rings is 1. The van der Waals surface area contributed by atoms with Crippen molar-refractivity contribution in [2.75, 3.05) is 31.1 Å². The Kier molecular flexibility index (Phi) is 5.85. The molecule has 1 aromatic carbocycles. The number of fused-ring (bicyclic) bond motifs is 1. The van der Waals surface area contributed by atoms with E-state index in [1.807, 2.05) is 30.3 Å². The maximum absolute atomic E-state index is 15.1. The fraction of sp³-hybridized carbons (Fsp3) is 0.409. The number of aromatic amines is 1. The van der Waals surface area contributed by atoms with Crippen LogP contribution < -0.4 is 4.90 Å². The van der Waals surface area contributed by atoms with Crippen LogP contribution in [0.4, 0.5) is 10.2 Å². The molecule has 1 fully saturated rings. The van der Waals surface area contributed by atoms with E-state index in [4.69, 9.17) is 0 Å². The summed E-state index contributed by atoms with van der Waals surface area (Å²) in [6.07, 6.45) is 5.60. The molecule has 0 radical (unpaired) electrons. The number of nitrogens with one attached hydrogen (secondary N) is 1. The van der Waals surface area contributed by atoms with Gasteiger partial charge in [0.2, 0.25) is 6.41 Å². The third-order valence-corrected chi connectivity index (χ3v) is 5.60. The first kappa shape index (κ1) is 19.5. The van der Waals surface area contributed by atoms with E-state index in [1.165, 1.54) is 17.7 Å². The lowest BCUT2D eigenvalue weighted by Gasteiger charge is -2.22. The number of pyridine rings is 1. The summed E-state index contributed by atoms with van der Waals surface area (Å²) < 4.78 is 15.1. The summed E-state index contributed by atoms with van der Waals surface area (Å²) in [4.78, 5) is 19.8. The molecule has 152 valence electrons. The van der Waals surface area contributed by atoms with Gasteiger partial charge in [-0.25, -0.2) is 4.39 Å². The molecule has 0 saturated carbocycles.